The highest BCUT2D eigenvalue weighted by Crippen LogP contribution is 2.45. The van der Waals surface area contributed by atoms with E-state index in [9.17, 15) is 4.39 Å². The fraction of sp³-hybridized carbons (Fsp3) is 0.143. The third kappa shape index (κ3) is 2.80. The van der Waals surface area contributed by atoms with Gasteiger partial charge in [-0.2, -0.15) is 0 Å². The molecule has 25 heavy (non-hydrogen) atoms. The fourth-order valence-electron chi connectivity index (χ4n) is 3.29. The summed E-state index contributed by atoms with van der Waals surface area (Å²) >= 11 is 0. The second-order valence-electron chi connectivity index (χ2n) is 6.49. The number of nitrogens with zero attached hydrogens (tertiary/aromatic N) is 1. The highest BCUT2D eigenvalue weighted by Gasteiger charge is 2.38. The molecule has 0 saturated heterocycles. The number of hydrogen-bond donors (Lipinski definition) is 1. The summed E-state index contributed by atoms with van der Waals surface area (Å²) in [5.41, 5.74) is 8.99. The van der Waals surface area contributed by atoms with E-state index in [-0.39, 0.29) is 5.82 Å². The Morgan fingerprint density at radius 3 is 2.44 bits per heavy atom. The Hall–Kier alpha value is -3.01. The smallest absolute Gasteiger partial charge is 0.149 e. The Morgan fingerprint density at radius 2 is 1.72 bits per heavy atom. The SMILES string of the molecule is CC1(c2ccccc2)CN(c2ccc(F)cc2)c2ccc(N)cc2O1. The molecule has 1 heterocycles. The second kappa shape index (κ2) is 5.81. The lowest BCUT2D eigenvalue weighted by Crippen LogP contribution is -2.45. The molecule has 3 aromatic rings. The van der Waals surface area contributed by atoms with Gasteiger partial charge in [-0.25, -0.2) is 4.39 Å². The maximum Gasteiger partial charge on any atom is 0.149 e. The first-order valence-electron chi connectivity index (χ1n) is 8.22. The van der Waals surface area contributed by atoms with Gasteiger partial charge < -0.3 is 15.4 Å². The molecular formula is C21H19FN2O. The highest BCUT2D eigenvalue weighted by molar-refractivity contribution is 5.73. The number of nitrogens with two attached hydrogens (primary N) is 1. The average molecular weight is 334 g/mol. The van der Waals surface area contributed by atoms with Crippen LogP contribution < -0.4 is 15.4 Å². The van der Waals surface area contributed by atoms with Gasteiger partial charge in [0.15, 0.2) is 0 Å². The molecule has 126 valence electrons. The average Bonchev–Trinajstić information content (AvgIpc) is 2.62. The van der Waals surface area contributed by atoms with E-state index >= 15 is 0 Å². The van der Waals surface area contributed by atoms with Crippen LogP contribution in [0.5, 0.6) is 5.75 Å². The van der Waals surface area contributed by atoms with E-state index in [1.165, 1.54) is 12.1 Å². The maximum atomic E-state index is 13.4. The van der Waals surface area contributed by atoms with E-state index in [0.717, 1.165) is 22.7 Å². The molecule has 1 aliphatic heterocycles. The molecule has 0 spiro atoms. The number of ether oxygens (including phenoxy) is 1. The van der Waals surface area contributed by atoms with Crippen molar-refractivity contribution in [2.75, 3.05) is 17.2 Å². The number of fused-ring (bicyclic) bond motifs is 1. The molecule has 0 radical (unpaired) electrons. The summed E-state index contributed by atoms with van der Waals surface area (Å²) in [7, 11) is 0. The molecule has 0 bridgehead atoms. The molecule has 3 aromatic carbocycles. The molecule has 0 fully saturated rings. The Bertz CT molecular complexity index is 896. The Kier molecular flexibility index (Phi) is 3.61. The molecule has 1 atom stereocenters. The van der Waals surface area contributed by atoms with Crippen LogP contribution in [0, 0.1) is 5.82 Å². The molecule has 2 N–H and O–H groups in total. The lowest BCUT2D eigenvalue weighted by molar-refractivity contribution is 0.0869. The van der Waals surface area contributed by atoms with Crippen molar-refractivity contribution in [2.24, 2.45) is 0 Å². The molecule has 3 nitrogen and oxygen atoms in total. The standard InChI is InChI=1S/C21H19FN2O/c1-21(15-5-3-2-4-6-15)14-24(18-10-7-16(22)8-11-18)19-12-9-17(23)13-20(19)25-21/h2-13H,14,23H2,1H3. The van der Waals surface area contributed by atoms with E-state index in [1.54, 1.807) is 12.1 Å². The summed E-state index contributed by atoms with van der Waals surface area (Å²) in [6.45, 7) is 2.67. The summed E-state index contributed by atoms with van der Waals surface area (Å²) in [4.78, 5) is 2.14. The van der Waals surface area contributed by atoms with Gasteiger partial charge >= 0.3 is 0 Å². The molecule has 0 amide bonds. The summed E-state index contributed by atoms with van der Waals surface area (Å²) in [6.07, 6.45) is 0. The quantitative estimate of drug-likeness (QED) is 0.681. The van der Waals surface area contributed by atoms with Gasteiger partial charge in [-0.1, -0.05) is 30.3 Å². The minimum atomic E-state index is -0.545. The first-order chi connectivity index (χ1) is 12.0. The zero-order valence-electron chi connectivity index (χ0n) is 13.9. The molecule has 4 heteroatoms. The van der Waals surface area contributed by atoms with E-state index in [0.29, 0.717) is 12.2 Å². The van der Waals surface area contributed by atoms with Gasteiger partial charge in [0.25, 0.3) is 0 Å². The van der Waals surface area contributed by atoms with Crippen LogP contribution in [0.15, 0.2) is 72.8 Å². The topological polar surface area (TPSA) is 38.5 Å². The number of nitrogen functional groups attached to an aromatic ring is 1. The van der Waals surface area contributed by atoms with Crippen LogP contribution in [0.1, 0.15) is 12.5 Å². The maximum absolute atomic E-state index is 13.4. The second-order valence-corrected chi connectivity index (χ2v) is 6.49. The highest BCUT2D eigenvalue weighted by atomic mass is 19.1. The summed E-state index contributed by atoms with van der Waals surface area (Å²) in [6, 6.07) is 22.2. The zero-order chi connectivity index (χ0) is 17.4. The predicted octanol–water partition coefficient (Wildman–Crippen LogP) is 4.85. The molecule has 4 rings (SSSR count). The molecule has 0 saturated carbocycles. The lowest BCUT2D eigenvalue weighted by atomic mass is 9.92. The molecule has 0 aromatic heterocycles. The number of rotatable bonds is 2. The Balaban J connectivity index is 1.84. The van der Waals surface area contributed by atoms with Crippen LogP contribution in [0.4, 0.5) is 21.5 Å². The van der Waals surface area contributed by atoms with Crippen LogP contribution in [-0.4, -0.2) is 6.54 Å². The van der Waals surface area contributed by atoms with Crippen LogP contribution in [-0.2, 0) is 5.60 Å². The summed E-state index contributed by atoms with van der Waals surface area (Å²) in [5.74, 6) is 0.474. The van der Waals surface area contributed by atoms with E-state index in [4.69, 9.17) is 10.5 Å². The molecule has 0 aliphatic carbocycles. The Morgan fingerprint density at radius 1 is 1.00 bits per heavy atom. The van der Waals surface area contributed by atoms with E-state index < -0.39 is 5.60 Å². The minimum Gasteiger partial charge on any atom is -0.479 e. The molecule has 1 aliphatic rings. The molecule has 1 unspecified atom stereocenters. The van der Waals surface area contributed by atoms with Crippen molar-refractivity contribution in [3.63, 3.8) is 0 Å². The van der Waals surface area contributed by atoms with Gasteiger partial charge in [0, 0.05) is 17.4 Å². The fourth-order valence-corrected chi connectivity index (χ4v) is 3.29. The van der Waals surface area contributed by atoms with Crippen molar-refractivity contribution in [3.05, 3.63) is 84.2 Å². The van der Waals surface area contributed by atoms with Crippen LogP contribution >= 0.6 is 0 Å². The van der Waals surface area contributed by atoms with Crippen LogP contribution in [0.3, 0.4) is 0 Å². The van der Waals surface area contributed by atoms with Crippen LogP contribution in [0.25, 0.3) is 0 Å². The lowest BCUT2D eigenvalue weighted by Gasteiger charge is -2.43. The van der Waals surface area contributed by atoms with Gasteiger partial charge in [0.1, 0.15) is 17.2 Å². The van der Waals surface area contributed by atoms with Gasteiger partial charge in [-0.15, -0.1) is 0 Å². The van der Waals surface area contributed by atoms with Crippen molar-refractivity contribution in [3.8, 4) is 5.75 Å². The summed E-state index contributed by atoms with van der Waals surface area (Å²) in [5, 5.41) is 0. The number of anilines is 3. The van der Waals surface area contributed by atoms with E-state index in [2.05, 4.69) is 24.0 Å². The predicted molar refractivity (Wildman–Crippen MR) is 98.7 cm³/mol. The third-order valence-corrected chi connectivity index (χ3v) is 4.59. The van der Waals surface area contributed by atoms with Crippen molar-refractivity contribution < 1.29 is 9.13 Å². The zero-order valence-corrected chi connectivity index (χ0v) is 13.9. The summed E-state index contributed by atoms with van der Waals surface area (Å²) < 4.78 is 19.7. The first kappa shape index (κ1) is 15.5. The Labute approximate surface area is 146 Å². The third-order valence-electron chi connectivity index (χ3n) is 4.59. The van der Waals surface area contributed by atoms with Gasteiger partial charge in [-0.05, 0) is 48.9 Å². The normalized spacial score (nSPS) is 19.2. The van der Waals surface area contributed by atoms with Crippen LogP contribution in [0.2, 0.25) is 0 Å². The van der Waals surface area contributed by atoms with E-state index in [1.807, 2.05) is 36.4 Å². The number of benzene rings is 3. The van der Waals surface area contributed by atoms with Crippen molar-refractivity contribution in [2.45, 2.75) is 12.5 Å². The van der Waals surface area contributed by atoms with Gasteiger partial charge in [-0.3, -0.25) is 0 Å². The first-order valence-corrected chi connectivity index (χ1v) is 8.22. The van der Waals surface area contributed by atoms with Gasteiger partial charge in [0.05, 0.1) is 12.2 Å². The van der Waals surface area contributed by atoms with Crippen molar-refractivity contribution >= 4 is 17.1 Å². The number of hydrogen-bond acceptors (Lipinski definition) is 3. The number of halogens is 1. The van der Waals surface area contributed by atoms with Gasteiger partial charge in [0.2, 0.25) is 0 Å². The van der Waals surface area contributed by atoms with Crippen molar-refractivity contribution in [1.29, 1.82) is 0 Å². The molecular weight excluding hydrogens is 315 g/mol. The largest absolute Gasteiger partial charge is 0.479 e. The monoisotopic (exact) mass is 334 g/mol. The minimum absolute atomic E-state index is 0.250. The van der Waals surface area contributed by atoms with Crippen molar-refractivity contribution in [1.82, 2.24) is 0 Å².